The van der Waals surface area contributed by atoms with E-state index in [9.17, 15) is 25.3 Å². The summed E-state index contributed by atoms with van der Waals surface area (Å²) in [6.07, 6.45) is 6.46. The zero-order chi connectivity index (χ0) is 52.4. The summed E-state index contributed by atoms with van der Waals surface area (Å²) < 4.78 is 97.7. The maximum atomic E-state index is 10.4. The fraction of sp³-hybridized carbons (Fsp3) is 0.375. The van der Waals surface area contributed by atoms with Gasteiger partial charge in [-0.1, -0.05) is 95.1 Å². The largest absolute Gasteiger partial charge is 2.00 e. The Hall–Kier alpha value is -5.89. The van der Waals surface area contributed by atoms with E-state index >= 15 is 0 Å². The third-order valence-corrected chi connectivity index (χ3v) is 11.5. The molecule has 6 heterocycles. The Labute approximate surface area is 459 Å². The number of benzene rings is 3. The number of methoxy groups -OCH3 is 3. The number of hydrogen-bond acceptors (Lipinski definition) is 20. The van der Waals surface area contributed by atoms with E-state index in [1.807, 2.05) is 72.8 Å². The van der Waals surface area contributed by atoms with Crippen molar-refractivity contribution in [2.75, 3.05) is 99.9 Å². The van der Waals surface area contributed by atoms with Crippen LogP contribution in [0.1, 0.15) is 22.3 Å². The molecule has 25 nitrogen and oxygen atoms in total. The predicted octanol–water partition coefficient (Wildman–Crippen LogP) is 4.29. The molecule has 0 aliphatic carbocycles. The average Bonchev–Trinajstić information content (AvgIpc) is 4.09. The summed E-state index contributed by atoms with van der Waals surface area (Å²) in [5.74, 6) is 1.82. The number of nitrogens with zero attached hydrogens (tertiary/aromatic N) is 10. The molecule has 7 aromatic rings. The molecule has 0 saturated carbocycles. The number of hydrogen-bond donors (Lipinski definition) is 3. The van der Waals surface area contributed by atoms with Crippen molar-refractivity contribution in [1.29, 1.82) is 0 Å². The van der Waals surface area contributed by atoms with Gasteiger partial charge in [0.25, 0.3) is 0 Å². The minimum absolute atomic E-state index is 0. The molecule has 3 aromatic carbocycles. The molecule has 3 N–H and O–H groups in total. The Morgan fingerprint density at radius 2 is 0.688 bits per heavy atom. The van der Waals surface area contributed by atoms with Crippen molar-refractivity contribution in [2.45, 2.75) is 22.3 Å². The summed E-state index contributed by atoms with van der Waals surface area (Å²) in [6, 6.07) is 23.6. The third-order valence-electron chi connectivity index (χ3n) is 9.61. The average molecular weight is 1180 g/mol. The van der Waals surface area contributed by atoms with E-state index in [0.717, 1.165) is 51.4 Å². The summed E-state index contributed by atoms with van der Waals surface area (Å²) in [4.78, 5) is 47.8. The van der Waals surface area contributed by atoms with Gasteiger partial charge >= 0.3 is 17.1 Å². The topological polar surface area (TPSA) is 325 Å². The molecule has 0 fully saturated rings. The second-order valence-electron chi connectivity index (χ2n) is 15.3. The van der Waals surface area contributed by atoms with E-state index in [0.29, 0.717) is 96.9 Å². The molecule has 4 aromatic heterocycles. The molecule has 423 valence electrons. The maximum absolute atomic E-state index is 10.4. The van der Waals surface area contributed by atoms with Crippen molar-refractivity contribution in [2.24, 2.45) is 0 Å². The molecule has 2 aliphatic heterocycles. The maximum Gasteiger partial charge on any atom is 2.00 e. The molecular formula is C48H65CuN13O12S3. The third kappa shape index (κ3) is 20.5. The van der Waals surface area contributed by atoms with Crippen LogP contribution in [0.25, 0.3) is 89.9 Å². The van der Waals surface area contributed by atoms with Crippen molar-refractivity contribution < 1.29 is 70.7 Å². The molecule has 0 saturated heterocycles. The van der Waals surface area contributed by atoms with Crippen LogP contribution in [0.2, 0.25) is 0 Å². The first-order chi connectivity index (χ1) is 35.0. The van der Waals surface area contributed by atoms with Crippen LogP contribution in [0, 0.1) is 0 Å². The molecule has 0 atom stereocenters. The van der Waals surface area contributed by atoms with Gasteiger partial charge in [-0.25, -0.2) is 35.2 Å². The van der Waals surface area contributed by atoms with E-state index in [-0.39, 0.29) is 59.5 Å². The molecule has 2 aliphatic rings. The normalized spacial score (nSPS) is 11.3. The van der Waals surface area contributed by atoms with Crippen LogP contribution in [0.5, 0.6) is 0 Å². The van der Waals surface area contributed by atoms with Gasteiger partial charge in [-0.2, -0.15) is 14.2 Å². The van der Waals surface area contributed by atoms with Gasteiger partial charge in [0.15, 0.2) is 0 Å². The van der Waals surface area contributed by atoms with Gasteiger partial charge in [-0.15, -0.1) is 0 Å². The van der Waals surface area contributed by atoms with Gasteiger partial charge in [0.1, 0.15) is 43.2 Å². The van der Waals surface area contributed by atoms with Crippen LogP contribution in [0.3, 0.4) is 0 Å². The summed E-state index contributed by atoms with van der Waals surface area (Å²) in [5.41, 5.74) is 4.82. The first-order valence-corrected chi connectivity index (χ1v) is 27.5. The second-order valence-corrected chi connectivity index (χ2v) is 20.8. The molecular weight excluding hydrogens is 1110 g/mol. The molecule has 0 amide bonds. The van der Waals surface area contributed by atoms with Gasteiger partial charge < -0.3 is 58.3 Å². The van der Waals surface area contributed by atoms with E-state index in [1.165, 1.54) is 0 Å². The molecule has 29 heteroatoms. The van der Waals surface area contributed by atoms with Crippen molar-refractivity contribution >= 4 is 74.2 Å². The number of nitrogens with one attached hydrogen (secondary N) is 3. The Morgan fingerprint density at radius 3 is 0.974 bits per heavy atom. The predicted molar refractivity (Wildman–Crippen MR) is 292 cm³/mol. The van der Waals surface area contributed by atoms with Gasteiger partial charge in [0, 0.05) is 67.4 Å². The SMILES string of the molecule is C.C.C.COCCOCNS(C)(=O)=O.COCCOCNS(C)(=O)=O.COCCOCNS(C)(=O)=O.[Cu+2].c1ccc2c(c1)-c1nc-2nc2[n-]c(nc3nc(nc4[n-]c(n1)c1ccccc41)-c1nccnc1-3)c1ccccc21. The van der Waals surface area contributed by atoms with Crippen molar-refractivity contribution in [3.63, 3.8) is 0 Å². The van der Waals surface area contributed by atoms with Crippen molar-refractivity contribution in [3.05, 3.63) is 85.2 Å². The first kappa shape index (κ1) is 67.2. The molecule has 9 rings (SSSR count). The van der Waals surface area contributed by atoms with Crippen LogP contribution in [-0.2, 0) is 75.6 Å². The van der Waals surface area contributed by atoms with E-state index in [4.69, 9.17) is 54.1 Å². The van der Waals surface area contributed by atoms with Gasteiger partial charge in [0.2, 0.25) is 30.1 Å². The summed E-state index contributed by atoms with van der Waals surface area (Å²) >= 11 is 0. The Balaban J connectivity index is 0.000000455. The zero-order valence-electron chi connectivity index (χ0n) is 40.8. The minimum atomic E-state index is -3.13. The molecule has 0 unspecified atom stereocenters. The smallest absolute Gasteiger partial charge is 0.382 e. The Morgan fingerprint density at radius 1 is 0.416 bits per heavy atom. The zero-order valence-corrected chi connectivity index (χ0v) is 44.2. The Kier molecular flexibility index (Phi) is 28.0. The first-order valence-electron chi connectivity index (χ1n) is 21.8. The Bertz CT molecular complexity index is 3080. The molecule has 77 heavy (non-hydrogen) atoms. The number of fused-ring (bicyclic) bond motifs is 20. The molecule has 1 radical (unpaired) electrons. The number of aromatic nitrogens is 10. The van der Waals surface area contributed by atoms with Gasteiger partial charge in [0.05, 0.1) is 70.1 Å². The van der Waals surface area contributed by atoms with Crippen LogP contribution < -0.4 is 24.1 Å². The van der Waals surface area contributed by atoms with Crippen LogP contribution in [-0.4, -0.2) is 165 Å². The van der Waals surface area contributed by atoms with E-state index in [2.05, 4.69) is 38.3 Å². The minimum Gasteiger partial charge on any atom is -0.382 e. The van der Waals surface area contributed by atoms with E-state index < -0.39 is 30.1 Å². The van der Waals surface area contributed by atoms with Crippen LogP contribution in [0.15, 0.2) is 85.2 Å². The van der Waals surface area contributed by atoms with Gasteiger partial charge in [-0.05, 0) is 21.5 Å². The number of rotatable bonds is 18. The molecule has 0 spiro atoms. The number of sulfonamides is 3. The number of ether oxygens (including phenoxy) is 6. The second kappa shape index (κ2) is 32.1. The fourth-order valence-corrected chi connectivity index (χ4v) is 7.20. The fourth-order valence-electron chi connectivity index (χ4n) is 6.31. The summed E-state index contributed by atoms with van der Waals surface area (Å²) in [5, 5.41) is 3.40. The summed E-state index contributed by atoms with van der Waals surface area (Å²) in [7, 11) is -4.73. The van der Waals surface area contributed by atoms with E-state index in [1.54, 1.807) is 33.7 Å². The quantitative estimate of drug-likeness (QED) is 0.0613. The summed E-state index contributed by atoms with van der Waals surface area (Å²) in [6.45, 7) is 2.56. The van der Waals surface area contributed by atoms with Crippen molar-refractivity contribution in [3.8, 4) is 45.8 Å². The standard InChI is InChI=1S/C30H14N10.3C5H13NO4S.3CH4.Cu/c1-2-8-16-15(7-1)23-33-24(16)35-26-18-10-4-6-12-20(18)28(37-26)39-30-22-21(31-13-14-32-22)29(40-30)38-27-19-11-5-3-9-17(19)25(34-23)36-27;3*1-9-3-4-10-5-6-11(2,7)8;;;;/h1-14H;3*6H,3-5H2,1-2H3;3*1H4;/q-2;;;;;;;+2. The van der Waals surface area contributed by atoms with Gasteiger partial charge in [-0.3, -0.25) is 9.97 Å². The van der Waals surface area contributed by atoms with Crippen LogP contribution >= 0.6 is 0 Å². The monoisotopic (exact) mass is 1170 g/mol. The van der Waals surface area contributed by atoms with Crippen LogP contribution in [0.4, 0.5) is 0 Å². The van der Waals surface area contributed by atoms with Crippen molar-refractivity contribution in [1.82, 2.24) is 64.0 Å². The molecule has 8 bridgehead atoms.